The van der Waals surface area contributed by atoms with Gasteiger partial charge in [-0.05, 0) is 32.2 Å². The predicted octanol–water partition coefficient (Wildman–Crippen LogP) is 2.35. The van der Waals surface area contributed by atoms with E-state index >= 15 is 0 Å². The van der Waals surface area contributed by atoms with Crippen LogP contribution in [-0.4, -0.2) is 28.1 Å². The van der Waals surface area contributed by atoms with Crippen molar-refractivity contribution in [1.82, 2.24) is 10.0 Å². The second-order valence-electron chi connectivity index (χ2n) is 4.18. The van der Waals surface area contributed by atoms with Crippen LogP contribution in [0.2, 0.25) is 0 Å². The molecule has 20 heavy (non-hydrogen) atoms. The van der Waals surface area contributed by atoms with Gasteiger partial charge in [0.15, 0.2) is 0 Å². The maximum Gasteiger partial charge on any atom is 0.417 e. The van der Waals surface area contributed by atoms with Crippen molar-refractivity contribution in [2.45, 2.75) is 24.0 Å². The number of sulfonamides is 1. The van der Waals surface area contributed by atoms with Crippen LogP contribution in [0.1, 0.15) is 12.5 Å². The first-order valence-electron chi connectivity index (χ1n) is 5.61. The topological polar surface area (TPSA) is 58.2 Å². The average Bonchev–Trinajstić information content (AvgIpc) is 2.34. The maximum atomic E-state index is 12.7. The quantitative estimate of drug-likeness (QED) is 0.831. The highest BCUT2D eigenvalue weighted by atomic mass is 79.9. The summed E-state index contributed by atoms with van der Waals surface area (Å²) in [5.41, 5.74) is -1.03. The van der Waals surface area contributed by atoms with Gasteiger partial charge in [0.1, 0.15) is 0 Å². The molecular formula is C11H14BrF3N2O2S. The molecule has 0 aliphatic carbocycles. The van der Waals surface area contributed by atoms with Gasteiger partial charge in [-0.15, -0.1) is 0 Å². The molecule has 0 bridgehead atoms. The van der Waals surface area contributed by atoms with Gasteiger partial charge in [0, 0.05) is 17.1 Å². The lowest BCUT2D eigenvalue weighted by atomic mass is 10.2. The molecule has 2 N–H and O–H groups in total. The van der Waals surface area contributed by atoms with E-state index in [1.807, 2.05) is 0 Å². The van der Waals surface area contributed by atoms with Crippen LogP contribution in [0.4, 0.5) is 13.2 Å². The zero-order valence-electron chi connectivity index (χ0n) is 10.8. The van der Waals surface area contributed by atoms with E-state index in [9.17, 15) is 21.6 Å². The molecule has 0 aliphatic rings. The monoisotopic (exact) mass is 374 g/mol. The van der Waals surface area contributed by atoms with Gasteiger partial charge in [-0.3, -0.25) is 0 Å². The summed E-state index contributed by atoms with van der Waals surface area (Å²) in [7, 11) is -2.32. The van der Waals surface area contributed by atoms with Gasteiger partial charge in [0.25, 0.3) is 0 Å². The second-order valence-corrected chi connectivity index (χ2v) is 6.80. The van der Waals surface area contributed by atoms with Crippen molar-refractivity contribution >= 4 is 26.0 Å². The van der Waals surface area contributed by atoms with Crippen molar-refractivity contribution < 1.29 is 21.6 Å². The average molecular weight is 375 g/mol. The molecule has 0 amide bonds. The summed E-state index contributed by atoms with van der Waals surface area (Å²) in [4.78, 5) is -0.420. The number of alkyl halides is 3. The summed E-state index contributed by atoms with van der Waals surface area (Å²) in [5, 5.41) is 2.82. The SMILES string of the molecule is CNC(C)CNS(=O)(=O)c1ccc(Br)c(C(F)(F)F)c1. The first-order chi connectivity index (χ1) is 9.08. The lowest BCUT2D eigenvalue weighted by Gasteiger charge is -2.14. The first kappa shape index (κ1) is 17.4. The van der Waals surface area contributed by atoms with E-state index in [1.54, 1.807) is 14.0 Å². The number of hydrogen-bond donors (Lipinski definition) is 2. The Hall–Kier alpha value is -0.640. The van der Waals surface area contributed by atoms with Crippen LogP contribution in [-0.2, 0) is 16.2 Å². The summed E-state index contributed by atoms with van der Waals surface area (Å²) in [6.07, 6.45) is -4.62. The third kappa shape index (κ3) is 4.44. The molecule has 1 aromatic carbocycles. The van der Waals surface area contributed by atoms with E-state index in [4.69, 9.17) is 0 Å². The van der Waals surface area contributed by atoms with Crippen LogP contribution in [0.5, 0.6) is 0 Å². The summed E-state index contributed by atoms with van der Waals surface area (Å²) in [6, 6.07) is 2.66. The summed E-state index contributed by atoms with van der Waals surface area (Å²) < 4.78 is 64.1. The lowest BCUT2D eigenvalue weighted by molar-refractivity contribution is -0.138. The Morgan fingerprint density at radius 3 is 2.45 bits per heavy atom. The molecule has 0 spiro atoms. The fourth-order valence-corrected chi connectivity index (χ4v) is 2.94. The molecule has 114 valence electrons. The van der Waals surface area contributed by atoms with Gasteiger partial charge in [0.05, 0.1) is 10.5 Å². The minimum absolute atomic E-state index is 0.0796. The normalized spacial score (nSPS) is 14.3. The Bertz CT molecular complexity index is 576. The maximum absolute atomic E-state index is 12.7. The molecular weight excluding hydrogens is 361 g/mol. The summed E-state index contributed by atoms with van der Waals surface area (Å²) >= 11 is 2.76. The number of rotatable bonds is 5. The van der Waals surface area contributed by atoms with Crippen molar-refractivity contribution in [3.8, 4) is 0 Å². The second kappa shape index (κ2) is 6.42. The molecule has 1 rings (SSSR count). The van der Waals surface area contributed by atoms with Crippen LogP contribution in [0.3, 0.4) is 0 Å². The fraction of sp³-hybridized carbons (Fsp3) is 0.455. The van der Waals surface area contributed by atoms with Gasteiger partial charge in [-0.1, -0.05) is 15.9 Å². The molecule has 0 fully saturated rings. The number of nitrogens with one attached hydrogen (secondary N) is 2. The van der Waals surface area contributed by atoms with E-state index in [2.05, 4.69) is 26.0 Å². The van der Waals surface area contributed by atoms with E-state index < -0.39 is 26.7 Å². The van der Waals surface area contributed by atoms with Crippen molar-refractivity contribution in [3.63, 3.8) is 0 Å². The molecule has 0 heterocycles. The number of benzene rings is 1. The smallest absolute Gasteiger partial charge is 0.316 e. The minimum atomic E-state index is -4.62. The molecule has 0 aromatic heterocycles. The van der Waals surface area contributed by atoms with E-state index in [0.29, 0.717) is 6.07 Å². The van der Waals surface area contributed by atoms with Crippen LogP contribution < -0.4 is 10.0 Å². The molecule has 1 aromatic rings. The van der Waals surface area contributed by atoms with Gasteiger partial charge in [-0.25, -0.2) is 13.1 Å². The summed E-state index contributed by atoms with van der Waals surface area (Å²) in [6.45, 7) is 1.82. The van der Waals surface area contributed by atoms with Gasteiger partial charge in [0.2, 0.25) is 10.0 Å². The minimum Gasteiger partial charge on any atom is -0.316 e. The van der Waals surface area contributed by atoms with Crippen molar-refractivity contribution in [2.75, 3.05) is 13.6 Å². The largest absolute Gasteiger partial charge is 0.417 e. The standard InChI is InChI=1S/C11H14BrF3N2O2S/c1-7(16-2)6-17-20(18,19)8-3-4-10(12)9(5-8)11(13,14)15/h3-5,7,16-17H,6H2,1-2H3. The predicted molar refractivity (Wildman–Crippen MR) is 72.9 cm³/mol. The van der Waals surface area contributed by atoms with Crippen molar-refractivity contribution in [2.24, 2.45) is 0 Å². The number of halogens is 4. The van der Waals surface area contributed by atoms with Gasteiger partial charge >= 0.3 is 6.18 Å². The Morgan fingerprint density at radius 1 is 1.35 bits per heavy atom. The Kier molecular flexibility index (Phi) is 5.59. The van der Waals surface area contributed by atoms with Crippen LogP contribution in [0, 0.1) is 0 Å². The van der Waals surface area contributed by atoms with Crippen LogP contribution in [0.25, 0.3) is 0 Å². The van der Waals surface area contributed by atoms with Crippen molar-refractivity contribution in [1.29, 1.82) is 0 Å². The molecule has 9 heteroatoms. The molecule has 0 aliphatic heterocycles. The van der Waals surface area contributed by atoms with E-state index in [0.717, 1.165) is 12.1 Å². The van der Waals surface area contributed by atoms with Gasteiger partial charge in [-0.2, -0.15) is 13.2 Å². The molecule has 0 saturated heterocycles. The fourth-order valence-electron chi connectivity index (χ4n) is 1.31. The molecule has 1 atom stereocenters. The highest BCUT2D eigenvalue weighted by molar-refractivity contribution is 9.10. The summed E-state index contributed by atoms with van der Waals surface area (Å²) in [5.74, 6) is 0. The molecule has 1 unspecified atom stereocenters. The Morgan fingerprint density at radius 2 is 1.95 bits per heavy atom. The van der Waals surface area contributed by atoms with Gasteiger partial charge < -0.3 is 5.32 Å². The molecule has 4 nitrogen and oxygen atoms in total. The van der Waals surface area contributed by atoms with E-state index in [1.165, 1.54) is 0 Å². The first-order valence-corrected chi connectivity index (χ1v) is 7.89. The van der Waals surface area contributed by atoms with E-state index in [-0.39, 0.29) is 17.1 Å². The third-order valence-electron chi connectivity index (χ3n) is 2.63. The zero-order valence-corrected chi connectivity index (χ0v) is 13.2. The van der Waals surface area contributed by atoms with Crippen molar-refractivity contribution in [3.05, 3.63) is 28.2 Å². The Balaban J connectivity index is 3.08. The van der Waals surface area contributed by atoms with Crippen LogP contribution >= 0.6 is 15.9 Å². The molecule has 0 saturated carbocycles. The highest BCUT2D eigenvalue weighted by Crippen LogP contribution is 2.36. The zero-order chi connectivity index (χ0) is 15.6. The number of likely N-dealkylation sites (N-methyl/N-ethyl adjacent to an activating group) is 1. The molecule has 0 radical (unpaired) electrons. The highest BCUT2D eigenvalue weighted by Gasteiger charge is 2.34. The third-order valence-corrected chi connectivity index (χ3v) is 4.74. The lowest BCUT2D eigenvalue weighted by Crippen LogP contribution is -2.37. The van der Waals surface area contributed by atoms with Crippen LogP contribution in [0.15, 0.2) is 27.6 Å². The number of hydrogen-bond acceptors (Lipinski definition) is 3. The Labute approximate surface area is 123 Å².